The maximum absolute atomic E-state index is 8.85. The number of nitriles is 1. The first kappa shape index (κ1) is 12.1. The van der Waals surface area contributed by atoms with Crippen LogP contribution in [0.25, 0.3) is 5.65 Å². The van der Waals surface area contributed by atoms with Gasteiger partial charge in [-0.3, -0.25) is 4.40 Å². The van der Waals surface area contributed by atoms with Gasteiger partial charge in [-0.15, -0.1) is 10.2 Å². The van der Waals surface area contributed by atoms with E-state index in [1.54, 1.807) is 12.1 Å². The van der Waals surface area contributed by atoms with Crippen LogP contribution in [0.2, 0.25) is 0 Å². The Hall–Kier alpha value is -1.93. The van der Waals surface area contributed by atoms with Gasteiger partial charge in [-0.25, -0.2) is 0 Å². The van der Waals surface area contributed by atoms with Crippen molar-refractivity contribution in [3.05, 3.63) is 29.7 Å². The van der Waals surface area contributed by atoms with Crippen LogP contribution in [0.4, 0.5) is 0 Å². The second kappa shape index (κ2) is 4.98. The summed E-state index contributed by atoms with van der Waals surface area (Å²) in [6.07, 6.45) is 5.45. The molecule has 0 N–H and O–H groups in total. The van der Waals surface area contributed by atoms with Crippen LogP contribution in [0.15, 0.2) is 18.3 Å². The lowest BCUT2D eigenvalue weighted by Crippen LogP contribution is -2.33. The maximum Gasteiger partial charge on any atom is 0.162 e. The van der Waals surface area contributed by atoms with E-state index in [0.717, 1.165) is 37.3 Å². The molecule has 0 saturated heterocycles. The molecule has 1 aliphatic carbocycles. The molecule has 3 rings (SSSR count). The number of aromatic nitrogens is 3. The van der Waals surface area contributed by atoms with E-state index in [1.165, 1.54) is 0 Å². The van der Waals surface area contributed by atoms with E-state index in [1.807, 2.05) is 17.5 Å². The third kappa shape index (κ3) is 2.32. The Bertz CT molecular complexity index is 622. The number of fused-ring (bicyclic) bond motifs is 1. The third-order valence-corrected chi connectivity index (χ3v) is 3.68. The summed E-state index contributed by atoms with van der Waals surface area (Å²) in [4.78, 5) is 0. The zero-order valence-electron chi connectivity index (χ0n) is 10.9. The van der Waals surface area contributed by atoms with Gasteiger partial charge >= 0.3 is 0 Å². The van der Waals surface area contributed by atoms with Gasteiger partial charge < -0.3 is 4.74 Å². The van der Waals surface area contributed by atoms with Gasteiger partial charge in [0.2, 0.25) is 0 Å². The number of rotatable bonds is 4. The monoisotopic (exact) mass is 256 g/mol. The second-order valence-electron chi connectivity index (χ2n) is 4.99. The fourth-order valence-electron chi connectivity index (χ4n) is 2.62. The molecule has 0 radical (unpaired) electrons. The van der Waals surface area contributed by atoms with Crippen molar-refractivity contribution >= 4 is 5.65 Å². The van der Waals surface area contributed by atoms with Gasteiger partial charge in [-0.05, 0) is 31.7 Å². The first-order valence-corrected chi connectivity index (χ1v) is 6.65. The number of hydrogen-bond acceptors (Lipinski definition) is 4. The van der Waals surface area contributed by atoms with E-state index < -0.39 is 0 Å². The van der Waals surface area contributed by atoms with Crippen LogP contribution in [-0.4, -0.2) is 27.3 Å². The average Bonchev–Trinajstić information content (AvgIpc) is 2.78. The molecule has 2 aromatic rings. The van der Waals surface area contributed by atoms with Gasteiger partial charge in [0.25, 0.3) is 0 Å². The van der Waals surface area contributed by atoms with Crippen molar-refractivity contribution < 1.29 is 4.74 Å². The summed E-state index contributed by atoms with van der Waals surface area (Å²) in [5, 5.41) is 17.2. The minimum absolute atomic E-state index is 0.430. The normalized spacial score (nSPS) is 22.1. The Balaban J connectivity index is 1.71. The summed E-state index contributed by atoms with van der Waals surface area (Å²) in [7, 11) is 0. The largest absolute Gasteiger partial charge is 0.378 e. The van der Waals surface area contributed by atoms with Crippen molar-refractivity contribution in [1.29, 1.82) is 5.26 Å². The van der Waals surface area contributed by atoms with Crippen molar-refractivity contribution in [3.8, 4) is 6.07 Å². The molecule has 1 saturated carbocycles. The summed E-state index contributed by atoms with van der Waals surface area (Å²) < 4.78 is 7.53. The summed E-state index contributed by atoms with van der Waals surface area (Å²) in [5.74, 6) is 1.61. The molecule has 0 aliphatic heterocycles. The Morgan fingerprint density at radius 2 is 2.32 bits per heavy atom. The predicted molar refractivity (Wildman–Crippen MR) is 69.5 cm³/mol. The van der Waals surface area contributed by atoms with Gasteiger partial charge in [0.1, 0.15) is 5.82 Å². The number of pyridine rings is 1. The van der Waals surface area contributed by atoms with Crippen LogP contribution in [0.3, 0.4) is 0 Å². The SMILES string of the molecule is CCOC1CC(Cc2nnc3cc(C#N)ccn23)C1. The average molecular weight is 256 g/mol. The van der Waals surface area contributed by atoms with E-state index in [-0.39, 0.29) is 0 Å². The minimum atomic E-state index is 0.430. The fraction of sp³-hybridized carbons (Fsp3) is 0.500. The predicted octanol–water partition coefficient (Wildman–Crippen LogP) is 1.96. The highest BCUT2D eigenvalue weighted by Crippen LogP contribution is 2.32. The number of nitrogens with zero attached hydrogens (tertiary/aromatic N) is 4. The van der Waals surface area contributed by atoms with Crippen molar-refractivity contribution in [2.75, 3.05) is 6.61 Å². The molecule has 0 spiro atoms. The molecular weight excluding hydrogens is 240 g/mol. The molecule has 19 heavy (non-hydrogen) atoms. The molecule has 98 valence electrons. The van der Waals surface area contributed by atoms with E-state index in [4.69, 9.17) is 10.00 Å². The fourth-order valence-corrected chi connectivity index (χ4v) is 2.62. The first-order valence-electron chi connectivity index (χ1n) is 6.65. The van der Waals surface area contributed by atoms with Gasteiger partial charge in [0.15, 0.2) is 5.65 Å². The van der Waals surface area contributed by atoms with Crippen LogP contribution in [-0.2, 0) is 11.2 Å². The molecule has 1 aliphatic rings. The smallest absolute Gasteiger partial charge is 0.162 e. The quantitative estimate of drug-likeness (QED) is 0.838. The topological polar surface area (TPSA) is 63.2 Å². The summed E-state index contributed by atoms with van der Waals surface area (Å²) in [6.45, 7) is 2.83. The summed E-state index contributed by atoms with van der Waals surface area (Å²) in [5.41, 5.74) is 1.36. The Kier molecular flexibility index (Phi) is 3.18. The molecule has 0 bridgehead atoms. The van der Waals surface area contributed by atoms with Crippen molar-refractivity contribution in [2.45, 2.75) is 32.3 Å². The molecule has 0 atom stereocenters. The molecular formula is C14H16N4O. The molecule has 5 heteroatoms. The van der Waals surface area contributed by atoms with Gasteiger partial charge in [0, 0.05) is 25.3 Å². The van der Waals surface area contributed by atoms with E-state index in [0.29, 0.717) is 17.6 Å². The Morgan fingerprint density at radius 1 is 1.47 bits per heavy atom. The Labute approximate surface area is 111 Å². The summed E-state index contributed by atoms with van der Waals surface area (Å²) in [6, 6.07) is 5.67. The lowest BCUT2D eigenvalue weighted by Gasteiger charge is -2.34. The van der Waals surface area contributed by atoms with E-state index in [2.05, 4.69) is 16.3 Å². The molecule has 0 unspecified atom stereocenters. The number of ether oxygens (including phenoxy) is 1. The van der Waals surface area contributed by atoms with Crippen LogP contribution in [0.5, 0.6) is 0 Å². The van der Waals surface area contributed by atoms with Gasteiger partial charge in [0.05, 0.1) is 17.7 Å². The molecule has 0 aromatic carbocycles. The standard InChI is InChI=1S/C14H16N4O/c1-2-19-12-5-11(6-12)8-14-17-16-13-7-10(9-15)3-4-18(13)14/h3-4,7,11-12H,2,5-6,8H2,1H3. The highest BCUT2D eigenvalue weighted by Gasteiger charge is 2.30. The molecule has 0 amide bonds. The van der Waals surface area contributed by atoms with E-state index in [9.17, 15) is 0 Å². The highest BCUT2D eigenvalue weighted by atomic mass is 16.5. The lowest BCUT2D eigenvalue weighted by atomic mass is 9.80. The zero-order chi connectivity index (χ0) is 13.2. The molecule has 2 heterocycles. The maximum atomic E-state index is 8.85. The molecule has 2 aromatic heterocycles. The van der Waals surface area contributed by atoms with Crippen molar-refractivity contribution in [1.82, 2.24) is 14.6 Å². The lowest BCUT2D eigenvalue weighted by molar-refractivity contribution is -0.0245. The van der Waals surface area contributed by atoms with Crippen molar-refractivity contribution in [3.63, 3.8) is 0 Å². The molecule has 5 nitrogen and oxygen atoms in total. The molecule has 1 fully saturated rings. The van der Waals surface area contributed by atoms with Crippen LogP contribution in [0.1, 0.15) is 31.2 Å². The highest BCUT2D eigenvalue weighted by molar-refractivity contribution is 5.45. The van der Waals surface area contributed by atoms with Crippen LogP contribution < -0.4 is 0 Å². The van der Waals surface area contributed by atoms with Crippen molar-refractivity contribution in [2.24, 2.45) is 5.92 Å². The van der Waals surface area contributed by atoms with Gasteiger partial charge in [-0.1, -0.05) is 0 Å². The van der Waals surface area contributed by atoms with Crippen LogP contribution >= 0.6 is 0 Å². The number of hydrogen-bond donors (Lipinski definition) is 0. The van der Waals surface area contributed by atoms with Gasteiger partial charge in [-0.2, -0.15) is 5.26 Å². The van der Waals surface area contributed by atoms with Crippen LogP contribution in [0, 0.1) is 17.2 Å². The third-order valence-electron chi connectivity index (χ3n) is 3.68. The second-order valence-corrected chi connectivity index (χ2v) is 4.99. The van der Waals surface area contributed by atoms with E-state index >= 15 is 0 Å². The first-order chi connectivity index (χ1) is 9.30. The minimum Gasteiger partial charge on any atom is -0.378 e. The summed E-state index contributed by atoms with van der Waals surface area (Å²) >= 11 is 0. The zero-order valence-corrected chi connectivity index (χ0v) is 10.9. The Morgan fingerprint density at radius 3 is 3.05 bits per heavy atom.